The summed E-state index contributed by atoms with van der Waals surface area (Å²) in [5.74, 6) is 0.0975. The number of halogens is 5. The third-order valence-electron chi connectivity index (χ3n) is 2.04. The van der Waals surface area contributed by atoms with Gasteiger partial charge < -0.3 is 0 Å². The molecule has 7 heteroatoms. The van der Waals surface area contributed by atoms with Crippen molar-refractivity contribution in [1.82, 2.24) is 0 Å². The molecular weight excluding hydrogens is 263 g/mol. The van der Waals surface area contributed by atoms with Gasteiger partial charge >= 0.3 is 6.18 Å². The van der Waals surface area contributed by atoms with E-state index in [0.717, 1.165) is 11.8 Å². The maximum absolute atomic E-state index is 13.1. The zero-order valence-corrected chi connectivity index (χ0v) is 10.2. The van der Waals surface area contributed by atoms with Crippen molar-refractivity contribution < 1.29 is 26.7 Å². The maximum atomic E-state index is 13.1. The highest BCUT2D eigenvalue weighted by atomic mass is 32.2. The van der Waals surface area contributed by atoms with Crippen LogP contribution in [0, 0.1) is 0 Å². The molecule has 0 spiro atoms. The molecule has 0 rings (SSSR count). The van der Waals surface area contributed by atoms with Crippen molar-refractivity contribution in [2.24, 2.45) is 0 Å². The quantitative estimate of drug-likeness (QED) is 0.653. The molecule has 0 fully saturated rings. The fourth-order valence-electron chi connectivity index (χ4n) is 1.05. The van der Waals surface area contributed by atoms with Crippen molar-refractivity contribution in [1.29, 1.82) is 0 Å². The summed E-state index contributed by atoms with van der Waals surface area (Å²) in [6.45, 7) is 1.64. The largest absolute Gasteiger partial charge is 0.389 e. The van der Waals surface area contributed by atoms with Crippen LogP contribution in [0.5, 0.6) is 0 Å². The van der Waals surface area contributed by atoms with Crippen LogP contribution in [0.3, 0.4) is 0 Å². The summed E-state index contributed by atoms with van der Waals surface area (Å²) in [5, 5.41) is -0.136. The van der Waals surface area contributed by atoms with Gasteiger partial charge in [0.25, 0.3) is 0 Å². The normalized spacial score (nSPS) is 15.6. The Kier molecular flexibility index (Phi) is 7.74. The number of rotatable bonds is 7. The molecule has 0 aliphatic rings. The molecule has 0 aromatic carbocycles. The second-order valence-corrected chi connectivity index (χ2v) is 4.70. The van der Waals surface area contributed by atoms with Gasteiger partial charge in [-0.15, -0.1) is 0 Å². The van der Waals surface area contributed by atoms with E-state index in [9.17, 15) is 26.7 Å². The average Bonchev–Trinajstić information content (AvgIpc) is 2.24. The summed E-state index contributed by atoms with van der Waals surface area (Å²) in [6.07, 6.45) is -10.6. The average molecular weight is 278 g/mol. The molecule has 0 N–H and O–H groups in total. The van der Waals surface area contributed by atoms with Gasteiger partial charge in [0.2, 0.25) is 0 Å². The number of hydrogen-bond donors (Lipinski definition) is 0. The lowest BCUT2D eigenvalue weighted by Gasteiger charge is -2.14. The van der Waals surface area contributed by atoms with Crippen molar-refractivity contribution in [3.63, 3.8) is 0 Å². The van der Waals surface area contributed by atoms with E-state index < -0.39 is 31.4 Å². The highest BCUT2D eigenvalue weighted by molar-refractivity contribution is 8.13. The fourth-order valence-corrected chi connectivity index (χ4v) is 1.83. The topological polar surface area (TPSA) is 17.1 Å². The minimum Gasteiger partial charge on any atom is -0.287 e. The fraction of sp³-hybridized carbons (Fsp3) is 0.900. The second kappa shape index (κ2) is 7.89. The summed E-state index contributed by atoms with van der Waals surface area (Å²) in [5.41, 5.74) is 0. The van der Waals surface area contributed by atoms with Crippen LogP contribution in [-0.2, 0) is 4.79 Å². The van der Waals surface area contributed by atoms with Gasteiger partial charge in [-0.05, 0) is 12.8 Å². The van der Waals surface area contributed by atoms with Crippen molar-refractivity contribution in [3.8, 4) is 0 Å². The van der Waals surface area contributed by atoms with Crippen LogP contribution < -0.4 is 0 Å². The monoisotopic (exact) mass is 278 g/mol. The Labute approximate surface area is 101 Å². The molecule has 1 nitrogen and oxygen atoms in total. The first kappa shape index (κ1) is 16.7. The van der Waals surface area contributed by atoms with Crippen LogP contribution in [0.25, 0.3) is 0 Å². The predicted octanol–water partition coefficient (Wildman–Crippen LogP) is 4.07. The Hall–Kier alpha value is -0.330. The molecular formula is C10H15F5OS. The zero-order valence-electron chi connectivity index (χ0n) is 9.40. The molecule has 0 aliphatic carbocycles. The number of hydrogen-bond acceptors (Lipinski definition) is 2. The zero-order chi connectivity index (χ0) is 13.5. The maximum Gasteiger partial charge on any atom is 0.389 e. The summed E-state index contributed by atoms with van der Waals surface area (Å²) in [7, 11) is 0. The summed E-state index contributed by atoms with van der Waals surface area (Å²) < 4.78 is 61.3. The molecule has 0 heterocycles. The van der Waals surface area contributed by atoms with Gasteiger partial charge in [0.05, 0.1) is 0 Å². The van der Waals surface area contributed by atoms with E-state index in [0.29, 0.717) is 6.42 Å². The van der Waals surface area contributed by atoms with Gasteiger partial charge in [-0.25, -0.2) is 8.78 Å². The summed E-state index contributed by atoms with van der Waals surface area (Å²) in [4.78, 5) is 10.8. The lowest BCUT2D eigenvalue weighted by molar-refractivity contribution is -0.139. The van der Waals surface area contributed by atoms with Gasteiger partial charge in [0.15, 0.2) is 5.12 Å². The minimum absolute atomic E-state index is 0.0975. The van der Waals surface area contributed by atoms with Crippen LogP contribution in [0.2, 0.25) is 0 Å². The Balaban J connectivity index is 3.74. The Bertz CT molecular complexity index is 231. The van der Waals surface area contributed by atoms with Crippen molar-refractivity contribution in [2.45, 2.75) is 51.1 Å². The first-order valence-electron chi connectivity index (χ1n) is 5.26. The van der Waals surface area contributed by atoms with Crippen molar-refractivity contribution >= 4 is 16.9 Å². The lowest BCUT2D eigenvalue weighted by atomic mass is 10.1. The van der Waals surface area contributed by atoms with E-state index in [1.54, 1.807) is 6.92 Å². The molecule has 2 unspecified atom stereocenters. The summed E-state index contributed by atoms with van der Waals surface area (Å²) in [6, 6.07) is 0. The standard InChI is InChI=1S/C10H15F5OS/c1-2-9(16)17-6-4-8(12)7(11)3-5-10(13,14)15/h7-8H,2-6H2,1H3. The van der Waals surface area contributed by atoms with Crippen LogP contribution in [0.15, 0.2) is 0 Å². The van der Waals surface area contributed by atoms with Gasteiger partial charge in [-0.3, -0.25) is 4.79 Å². The number of carbonyl (C=O) groups excluding carboxylic acids is 1. The second-order valence-electron chi connectivity index (χ2n) is 3.55. The molecule has 0 saturated heterocycles. The van der Waals surface area contributed by atoms with Crippen LogP contribution in [0.1, 0.15) is 32.6 Å². The molecule has 0 amide bonds. The van der Waals surface area contributed by atoms with Gasteiger partial charge in [-0.1, -0.05) is 18.7 Å². The first-order chi connectivity index (χ1) is 7.76. The Morgan fingerprint density at radius 1 is 1.18 bits per heavy atom. The number of alkyl halides is 5. The molecule has 0 bridgehead atoms. The molecule has 0 radical (unpaired) electrons. The third kappa shape index (κ3) is 9.38. The third-order valence-corrected chi connectivity index (χ3v) is 3.09. The predicted molar refractivity (Wildman–Crippen MR) is 57.5 cm³/mol. The van der Waals surface area contributed by atoms with Crippen LogP contribution in [-0.4, -0.2) is 29.4 Å². The van der Waals surface area contributed by atoms with Crippen LogP contribution in [0.4, 0.5) is 22.0 Å². The molecule has 2 atom stereocenters. The lowest BCUT2D eigenvalue weighted by Crippen LogP contribution is -2.21. The highest BCUT2D eigenvalue weighted by Gasteiger charge is 2.31. The van der Waals surface area contributed by atoms with Crippen molar-refractivity contribution in [2.75, 3.05) is 5.75 Å². The first-order valence-corrected chi connectivity index (χ1v) is 6.25. The smallest absolute Gasteiger partial charge is 0.287 e. The van der Waals surface area contributed by atoms with Gasteiger partial charge in [-0.2, -0.15) is 13.2 Å². The highest BCUT2D eigenvalue weighted by Crippen LogP contribution is 2.25. The molecule has 17 heavy (non-hydrogen) atoms. The molecule has 0 saturated carbocycles. The van der Waals surface area contributed by atoms with E-state index in [-0.39, 0.29) is 17.3 Å². The van der Waals surface area contributed by atoms with E-state index in [4.69, 9.17) is 0 Å². The van der Waals surface area contributed by atoms with Gasteiger partial charge in [0, 0.05) is 18.6 Å². The Morgan fingerprint density at radius 3 is 2.18 bits per heavy atom. The van der Waals surface area contributed by atoms with E-state index >= 15 is 0 Å². The van der Waals surface area contributed by atoms with Crippen LogP contribution >= 0.6 is 11.8 Å². The Morgan fingerprint density at radius 2 is 1.71 bits per heavy atom. The van der Waals surface area contributed by atoms with E-state index in [1.165, 1.54) is 0 Å². The van der Waals surface area contributed by atoms with Crippen molar-refractivity contribution in [3.05, 3.63) is 0 Å². The minimum atomic E-state index is -4.46. The van der Waals surface area contributed by atoms with E-state index in [2.05, 4.69) is 0 Å². The van der Waals surface area contributed by atoms with E-state index in [1.807, 2.05) is 0 Å². The summed E-state index contributed by atoms with van der Waals surface area (Å²) >= 11 is 0.878. The molecule has 0 aliphatic heterocycles. The molecule has 0 aromatic rings. The SMILES string of the molecule is CCC(=O)SCCC(F)C(F)CCC(F)(F)F. The number of thioether (sulfide) groups is 1. The van der Waals surface area contributed by atoms with Gasteiger partial charge in [0.1, 0.15) is 12.3 Å². The number of carbonyl (C=O) groups is 1. The molecule has 102 valence electrons. The molecule has 0 aromatic heterocycles.